The first-order chi connectivity index (χ1) is 12.7. The van der Waals surface area contributed by atoms with Gasteiger partial charge >= 0.3 is 0 Å². The van der Waals surface area contributed by atoms with Crippen LogP contribution in [0.5, 0.6) is 5.75 Å². The smallest absolute Gasteiger partial charge is 0.176 e. The minimum absolute atomic E-state index is 0.0848. The zero-order chi connectivity index (χ0) is 18.4. The number of carbonyl (C=O) groups excluding carboxylic acids is 1. The summed E-state index contributed by atoms with van der Waals surface area (Å²) in [5, 5.41) is 3.37. The van der Waals surface area contributed by atoms with Gasteiger partial charge in [0.25, 0.3) is 0 Å². The third-order valence-electron chi connectivity index (χ3n) is 4.86. The van der Waals surface area contributed by atoms with Crippen LogP contribution in [0.4, 0.5) is 0 Å². The van der Waals surface area contributed by atoms with Crippen molar-refractivity contribution in [3.63, 3.8) is 0 Å². The molecule has 1 aliphatic heterocycles. The molecule has 1 atom stereocenters. The average Bonchev–Trinajstić information content (AvgIpc) is 3.20. The topological polar surface area (TPSA) is 41.6 Å². The Balaban J connectivity index is 1.60. The number of halogens is 1. The first kappa shape index (κ1) is 19.1. The molecule has 1 N–H and O–H groups in total. The van der Waals surface area contributed by atoms with Crippen LogP contribution in [-0.4, -0.2) is 44.0 Å². The number of ketones is 1. The molecule has 0 aromatic heterocycles. The standard InChI is InChI=1S/C21H25BrN2O2/c1-26-21-10-9-17(13-18(21)22)20(25)15-23-14-19(24-11-5-6-12-24)16-7-3-2-4-8-16/h2-4,7-10,13,19,23H,5-6,11-12,14-15H2,1H3. The number of hydrogen-bond acceptors (Lipinski definition) is 4. The molecule has 0 saturated carbocycles. The molecule has 26 heavy (non-hydrogen) atoms. The number of rotatable bonds is 8. The molecule has 2 aromatic carbocycles. The van der Waals surface area contributed by atoms with E-state index in [1.807, 2.05) is 24.3 Å². The Morgan fingerprint density at radius 1 is 1.19 bits per heavy atom. The van der Waals surface area contributed by atoms with Gasteiger partial charge in [0, 0.05) is 18.2 Å². The number of hydrogen-bond donors (Lipinski definition) is 1. The summed E-state index contributed by atoms with van der Waals surface area (Å²) >= 11 is 3.44. The van der Waals surface area contributed by atoms with E-state index in [0.717, 1.165) is 29.9 Å². The van der Waals surface area contributed by atoms with Crippen LogP contribution in [0.3, 0.4) is 0 Å². The Kier molecular flexibility index (Phi) is 6.83. The van der Waals surface area contributed by atoms with Crippen LogP contribution in [0.25, 0.3) is 0 Å². The Bertz CT molecular complexity index is 730. The fourth-order valence-corrected chi connectivity index (χ4v) is 3.99. The molecule has 1 aliphatic rings. The number of Topliss-reactive ketones (excluding diaryl/α,β-unsaturated/α-hetero) is 1. The van der Waals surface area contributed by atoms with Gasteiger partial charge < -0.3 is 10.1 Å². The molecule has 0 aliphatic carbocycles. The molecule has 0 amide bonds. The Morgan fingerprint density at radius 2 is 1.92 bits per heavy atom. The van der Waals surface area contributed by atoms with Crippen molar-refractivity contribution < 1.29 is 9.53 Å². The van der Waals surface area contributed by atoms with Gasteiger partial charge in [0.15, 0.2) is 5.78 Å². The highest BCUT2D eigenvalue weighted by Gasteiger charge is 2.23. The van der Waals surface area contributed by atoms with E-state index in [9.17, 15) is 4.79 Å². The Labute approximate surface area is 163 Å². The molecule has 1 fully saturated rings. The van der Waals surface area contributed by atoms with Gasteiger partial charge in [-0.1, -0.05) is 30.3 Å². The van der Waals surface area contributed by atoms with E-state index in [-0.39, 0.29) is 5.78 Å². The maximum absolute atomic E-state index is 12.5. The molecule has 138 valence electrons. The number of ether oxygens (including phenoxy) is 1. The first-order valence-electron chi connectivity index (χ1n) is 9.05. The molecule has 1 unspecified atom stereocenters. The van der Waals surface area contributed by atoms with Gasteiger partial charge in [-0.3, -0.25) is 9.69 Å². The largest absolute Gasteiger partial charge is 0.496 e. The molecular weight excluding hydrogens is 392 g/mol. The summed E-state index contributed by atoms with van der Waals surface area (Å²) in [6.07, 6.45) is 2.50. The molecule has 4 nitrogen and oxygen atoms in total. The monoisotopic (exact) mass is 416 g/mol. The minimum Gasteiger partial charge on any atom is -0.496 e. The van der Waals surface area contributed by atoms with Gasteiger partial charge in [-0.2, -0.15) is 0 Å². The van der Waals surface area contributed by atoms with Gasteiger partial charge in [0.2, 0.25) is 0 Å². The summed E-state index contributed by atoms with van der Waals surface area (Å²) in [7, 11) is 1.62. The molecule has 0 bridgehead atoms. The summed E-state index contributed by atoms with van der Waals surface area (Å²) in [6.45, 7) is 3.35. The molecule has 0 radical (unpaired) electrons. The van der Waals surface area contributed by atoms with Crippen molar-refractivity contribution in [2.75, 3.05) is 33.3 Å². The SMILES string of the molecule is COc1ccc(C(=O)CNCC(c2ccccc2)N2CCCC2)cc1Br. The first-order valence-corrected chi connectivity index (χ1v) is 9.85. The molecule has 3 rings (SSSR count). The molecule has 1 heterocycles. The predicted octanol–water partition coefficient (Wildman–Crippen LogP) is 4.07. The van der Waals surface area contributed by atoms with Crippen molar-refractivity contribution in [2.45, 2.75) is 18.9 Å². The summed E-state index contributed by atoms with van der Waals surface area (Å²) in [5.74, 6) is 0.814. The second-order valence-electron chi connectivity index (χ2n) is 6.57. The van der Waals surface area contributed by atoms with E-state index < -0.39 is 0 Å². The number of benzene rings is 2. The lowest BCUT2D eigenvalue weighted by Crippen LogP contribution is -2.36. The maximum Gasteiger partial charge on any atom is 0.176 e. The van der Waals surface area contributed by atoms with Crippen molar-refractivity contribution in [1.82, 2.24) is 10.2 Å². The zero-order valence-corrected chi connectivity index (χ0v) is 16.7. The lowest BCUT2D eigenvalue weighted by atomic mass is 10.1. The molecule has 1 saturated heterocycles. The van der Waals surface area contributed by atoms with Gasteiger partial charge in [-0.15, -0.1) is 0 Å². The van der Waals surface area contributed by atoms with E-state index >= 15 is 0 Å². The summed E-state index contributed by atoms with van der Waals surface area (Å²) in [5.41, 5.74) is 1.99. The normalized spacial score (nSPS) is 15.8. The second kappa shape index (κ2) is 9.31. The Hall–Kier alpha value is -1.69. The molecular formula is C21H25BrN2O2. The second-order valence-corrected chi connectivity index (χ2v) is 7.43. The number of carbonyl (C=O) groups is 1. The molecule has 2 aromatic rings. The van der Waals surface area contributed by atoms with Crippen LogP contribution in [0.1, 0.15) is 34.8 Å². The van der Waals surface area contributed by atoms with Gasteiger partial charge in [-0.25, -0.2) is 0 Å². The summed E-state index contributed by atoms with van der Waals surface area (Å²) in [4.78, 5) is 15.0. The van der Waals surface area contributed by atoms with E-state index in [1.54, 1.807) is 7.11 Å². The van der Waals surface area contributed by atoms with E-state index in [2.05, 4.69) is 50.4 Å². The van der Waals surface area contributed by atoms with Crippen molar-refractivity contribution in [3.05, 3.63) is 64.1 Å². The third kappa shape index (κ3) is 4.72. The van der Waals surface area contributed by atoms with Crippen molar-refractivity contribution >= 4 is 21.7 Å². The van der Waals surface area contributed by atoms with Crippen LogP contribution in [-0.2, 0) is 0 Å². The summed E-state index contributed by atoms with van der Waals surface area (Å²) < 4.78 is 6.02. The van der Waals surface area contributed by atoms with Gasteiger partial charge in [-0.05, 0) is 65.6 Å². The van der Waals surface area contributed by atoms with Crippen molar-refractivity contribution in [3.8, 4) is 5.75 Å². The minimum atomic E-state index is 0.0848. The van der Waals surface area contributed by atoms with Crippen molar-refractivity contribution in [1.29, 1.82) is 0 Å². The predicted molar refractivity (Wildman–Crippen MR) is 108 cm³/mol. The number of nitrogens with zero attached hydrogens (tertiary/aromatic N) is 1. The van der Waals surface area contributed by atoms with Gasteiger partial charge in [0.05, 0.1) is 18.1 Å². The van der Waals surface area contributed by atoms with E-state index in [1.165, 1.54) is 18.4 Å². The van der Waals surface area contributed by atoms with Crippen LogP contribution < -0.4 is 10.1 Å². The Morgan fingerprint density at radius 3 is 2.58 bits per heavy atom. The van der Waals surface area contributed by atoms with Crippen LogP contribution in [0, 0.1) is 0 Å². The van der Waals surface area contributed by atoms with E-state index in [4.69, 9.17) is 4.74 Å². The number of methoxy groups -OCH3 is 1. The average molecular weight is 417 g/mol. The van der Waals surface area contributed by atoms with Crippen LogP contribution in [0.15, 0.2) is 53.0 Å². The van der Waals surface area contributed by atoms with Crippen LogP contribution >= 0.6 is 15.9 Å². The lowest BCUT2D eigenvalue weighted by molar-refractivity contribution is 0.0987. The zero-order valence-electron chi connectivity index (χ0n) is 15.1. The highest BCUT2D eigenvalue weighted by Crippen LogP contribution is 2.26. The highest BCUT2D eigenvalue weighted by molar-refractivity contribution is 9.10. The van der Waals surface area contributed by atoms with E-state index in [0.29, 0.717) is 18.2 Å². The quantitative estimate of drug-likeness (QED) is 0.658. The third-order valence-corrected chi connectivity index (χ3v) is 5.48. The highest BCUT2D eigenvalue weighted by atomic mass is 79.9. The number of nitrogens with one attached hydrogen (secondary N) is 1. The fourth-order valence-electron chi connectivity index (χ4n) is 3.45. The fraction of sp³-hybridized carbons (Fsp3) is 0.381. The van der Waals surface area contributed by atoms with Crippen molar-refractivity contribution in [2.24, 2.45) is 0 Å². The maximum atomic E-state index is 12.5. The summed E-state index contributed by atoms with van der Waals surface area (Å²) in [6, 6.07) is 16.3. The molecule has 5 heteroatoms. The lowest BCUT2D eigenvalue weighted by Gasteiger charge is -2.28. The molecule has 0 spiro atoms. The number of likely N-dealkylation sites (tertiary alicyclic amines) is 1. The van der Waals surface area contributed by atoms with Gasteiger partial charge in [0.1, 0.15) is 5.75 Å². The van der Waals surface area contributed by atoms with Crippen LogP contribution in [0.2, 0.25) is 0 Å².